The van der Waals surface area contributed by atoms with Crippen molar-refractivity contribution in [2.75, 3.05) is 20.1 Å². The lowest BCUT2D eigenvalue weighted by Gasteiger charge is -2.21. The van der Waals surface area contributed by atoms with E-state index in [-0.39, 0.29) is 24.0 Å². The lowest BCUT2D eigenvalue weighted by Crippen LogP contribution is -2.38. The molecule has 0 spiro atoms. The van der Waals surface area contributed by atoms with Gasteiger partial charge >= 0.3 is 0 Å². The van der Waals surface area contributed by atoms with Gasteiger partial charge in [-0.05, 0) is 30.9 Å². The number of hydrogen-bond acceptors (Lipinski definition) is 2. The van der Waals surface area contributed by atoms with Crippen LogP contribution in [0, 0.1) is 5.92 Å². The van der Waals surface area contributed by atoms with Crippen LogP contribution in [0.15, 0.2) is 29.4 Å². The molecule has 0 aromatic carbocycles. The molecule has 5 heteroatoms. The topological polar surface area (TPSA) is 49.3 Å². The standard InChI is InChI=1S/C18H30N4.HI/c1-19-18(22-15-12-17-11-5-6-13-20-17)21-14-7-10-16-8-3-2-4-9-16;/h5-6,11,13,16H,2-4,7-10,12,14-15H2,1H3,(H2,19,21,22);1H. The second kappa shape index (κ2) is 12.6. The first-order chi connectivity index (χ1) is 10.9. The highest BCUT2D eigenvalue weighted by Gasteiger charge is 2.12. The van der Waals surface area contributed by atoms with Crippen molar-refractivity contribution in [3.05, 3.63) is 30.1 Å². The van der Waals surface area contributed by atoms with Crippen molar-refractivity contribution >= 4 is 29.9 Å². The zero-order valence-corrected chi connectivity index (χ0v) is 16.6. The van der Waals surface area contributed by atoms with Crippen LogP contribution in [0.3, 0.4) is 0 Å². The highest BCUT2D eigenvalue weighted by molar-refractivity contribution is 14.0. The number of pyridine rings is 1. The fourth-order valence-electron chi connectivity index (χ4n) is 3.15. The smallest absolute Gasteiger partial charge is 0.190 e. The Kier molecular flexibility index (Phi) is 11.0. The molecular weight excluding hydrogens is 399 g/mol. The minimum absolute atomic E-state index is 0. The van der Waals surface area contributed by atoms with Crippen LogP contribution < -0.4 is 10.6 Å². The van der Waals surface area contributed by atoms with Gasteiger partial charge in [-0.2, -0.15) is 0 Å². The molecule has 130 valence electrons. The molecule has 2 rings (SSSR count). The summed E-state index contributed by atoms with van der Waals surface area (Å²) in [6.45, 7) is 1.87. The fourth-order valence-corrected chi connectivity index (χ4v) is 3.15. The largest absolute Gasteiger partial charge is 0.356 e. The summed E-state index contributed by atoms with van der Waals surface area (Å²) in [6, 6.07) is 6.03. The van der Waals surface area contributed by atoms with Crippen molar-refractivity contribution in [1.82, 2.24) is 15.6 Å². The highest BCUT2D eigenvalue weighted by atomic mass is 127. The van der Waals surface area contributed by atoms with Gasteiger partial charge in [-0.25, -0.2) is 0 Å². The van der Waals surface area contributed by atoms with Crippen LogP contribution in [0.4, 0.5) is 0 Å². The molecule has 2 N–H and O–H groups in total. The number of nitrogens with one attached hydrogen (secondary N) is 2. The molecule has 0 radical (unpaired) electrons. The molecule has 1 heterocycles. The van der Waals surface area contributed by atoms with Crippen LogP contribution >= 0.6 is 24.0 Å². The molecule has 1 aromatic rings. The van der Waals surface area contributed by atoms with E-state index in [0.29, 0.717) is 0 Å². The van der Waals surface area contributed by atoms with E-state index in [0.717, 1.165) is 37.1 Å². The monoisotopic (exact) mass is 430 g/mol. The molecule has 1 saturated carbocycles. The molecule has 0 aliphatic heterocycles. The second-order valence-electron chi connectivity index (χ2n) is 6.14. The summed E-state index contributed by atoms with van der Waals surface area (Å²) in [7, 11) is 1.83. The molecule has 4 nitrogen and oxygen atoms in total. The first kappa shape index (κ1) is 20.2. The van der Waals surface area contributed by atoms with Gasteiger partial charge in [-0.3, -0.25) is 9.98 Å². The van der Waals surface area contributed by atoms with Crippen LogP contribution in [-0.2, 0) is 6.42 Å². The van der Waals surface area contributed by atoms with Crippen LogP contribution in [0.2, 0.25) is 0 Å². The number of guanidine groups is 1. The predicted molar refractivity (Wildman–Crippen MR) is 109 cm³/mol. The molecule has 23 heavy (non-hydrogen) atoms. The Hall–Kier alpha value is -0.850. The van der Waals surface area contributed by atoms with Crippen LogP contribution in [-0.4, -0.2) is 31.1 Å². The maximum Gasteiger partial charge on any atom is 0.190 e. The van der Waals surface area contributed by atoms with Gasteiger partial charge in [0.1, 0.15) is 0 Å². The molecule has 1 aliphatic rings. The van der Waals surface area contributed by atoms with Gasteiger partial charge in [-0.1, -0.05) is 38.2 Å². The molecule has 1 aromatic heterocycles. The summed E-state index contributed by atoms with van der Waals surface area (Å²) in [4.78, 5) is 8.61. The maximum absolute atomic E-state index is 4.33. The summed E-state index contributed by atoms with van der Waals surface area (Å²) in [5.74, 6) is 1.87. The third kappa shape index (κ3) is 8.53. The zero-order chi connectivity index (χ0) is 15.5. The van der Waals surface area contributed by atoms with E-state index in [1.807, 2.05) is 25.4 Å². The van der Waals surface area contributed by atoms with Crippen LogP contribution in [0.1, 0.15) is 50.6 Å². The van der Waals surface area contributed by atoms with Crippen LogP contribution in [0.25, 0.3) is 0 Å². The summed E-state index contributed by atoms with van der Waals surface area (Å²) in [5.41, 5.74) is 1.11. The molecule has 0 amide bonds. The van der Waals surface area contributed by atoms with Crippen molar-refractivity contribution in [2.45, 2.75) is 51.4 Å². The van der Waals surface area contributed by atoms with Gasteiger partial charge in [0.2, 0.25) is 0 Å². The maximum atomic E-state index is 4.33. The minimum atomic E-state index is 0. The van der Waals surface area contributed by atoms with E-state index in [9.17, 15) is 0 Å². The molecular formula is C18H31IN4. The summed E-state index contributed by atoms with van der Waals surface area (Å²) in [6.07, 6.45) is 12.6. The molecule has 0 saturated heterocycles. The zero-order valence-electron chi connectivity index (χ0n) is 14.3. The number of rotatable bonds is 7. The number of halogens is 1. The van der Waals surface area contributed by atoms with E-state index >= 15 is 0 Å². The molecule has 1 fully saturated rings. The summed E-state index contributed by atoms with van der Waals surface area (Å²) in [5, 5.41) is 6.77. The SMILES string of the molecule is CN=C(NCCCC1CCCCC1)NCCc1ccccn1.I. The van der Waals surface area contributed by atoms with Crippen molar-refractivity contribution in [1.29, 1.82) is 0 Å². The fraction of sp³-hybridized carbons (Fsp3) is 0.667. The lowest BCUT2D eigenvalue weighted by atomic mass is 9.86. The van der Waals surface area contributed by atoms with E-state index < -0.39 is 0 Å². The number of hydrogen-bond donors (Lipinski definition) is 2. The third-order valence-electron chi connectivity index (χ3n) is 4.43. The first-order valence-electron chi connectivity index (χ1n) is 8.73. The van der Waals surface area contributed by atoms with Crippen molar-refractivity contribution in [2.24, 2.45) is 10.9 Å². The number of aliphatic imine (C=N–C) groups is 1. The average molecular weight is 430 g/mol. The quantitative estimate of drug-likeness (QED) is 0.300. The normalized spacial score (nSPS) is 15.8. The Morgan fingerprint density at radius 2 is 1.96 bits per heavy atom. The third-order valence-corrected chi connectivity index (χ3v) is 4.43. The Labute approximate surface area is 158 Å². The second-order valence-corrected chi connectivity index (χ2v) is 6.14. The molecule has 0 atom stereocenters. The van der Waals surface area contributed by atoms with Crippen molar-refractivity contribution < 1.29 is 0 Å². The number of aromatic nitrogens is 1. The Balaban J connectivity index is 0.00000264. The van der Waals surface area contributed by atoms with E-state index in [1.54, 1.807) is 0 Å². The van der Waals surface area contributed by atoms with Gasteiger partial charge in [0, 0.05) is 38.4 Å². The van der Waals surface area contributed by atoms with Crippen LogP contribution in [0.5, 0.6) is 0 Å². The van der Waals surface area contributed by atoms with Gasteiger partial charge in [0.05, 0.1) is 0 Å². The Morgan fingerprint density at radius 1 is 1.17 bits per heavy atom. The van der Waals surface area contributed by atoms with Gasteiger partial charge in [0.25, 0.3) is 0 Å². The Bertz CT molecular complexity index is 430. The van der Waals surface area contributed by atoms with Gasteiger partial charge in [-0.15, -0.1) is 24.0 Å². The Morgan fingerprint density at radius 3 is 2.65 bits per heavy atom. The van der Waals surface area contributed by atoms with E-state index in [4.69, 9.17) is 0 Å². The summed E-state index contributed by atoms with van der Waals surface area (Å²) < 4.78 is 0. The minimum Gasteiger partial charge on any atom is -0.356 e. The molecule has 0 bridgehead atoms. The summed E-state index contributed by atoms with van der Waals surface area (Å²) >= 11 is 0. The van der Waals surface area contributed by atoms with Crippen molar-refractivity contribution in [3.8, 4) is 0 Å². The predicted octanol–water partition coefficient (Wildman–Crippen LogP) is 3.77. The number of nitrogens with zero attached hydrogens (tertiary/aromatic N) is 2. The van der Waals surface area contributed by atoms with E-state index in [2.05, 4.69) is 26.7 Å². The molecule has 1 aliphatic carbocycles. The van der Waals surface area contributed by atoms with Gasteiger partial charge < -0.3 is 10.6 Å². The average Bonchev–Trinajstić information content (AvgIpc) is 2.59. The lowest BCUT2D eigenvalue weighted by molar-refractivity contribution is 0.332. The highest BCUT2D eigenvalue weighted by Crippen LogP contribution is 2.26. The first-order valence-corrected chi connectivity index (χ1v) is 8.73. The molecule has 0 unspecified atom stereocenters. The van der Waals surface area contributed by atoms with E-state index in [1.165, 1.54) is 44.9 Å². The van der Waals surface area contributed by atoms with Gasteiger partial charge in [0.15, 0.2) is 5.96 Å². The van der Waals surface area contributed by atoms with Crippen molar-refractivity contribution in [3.63, 3.8) is 0 Å².